The number of carbonyl (C=O) groups excluding carboxylic acids is 1. The topological polar surface area (TPSA) is 41.1 Å². The number of hydrogen-bond donors (Lipinski definition) is 2. The van der Waals surface area contributed by atoms with E-state index in [4.69, 9.17) is 0 Å². The zero-order chi connectivity index (χ0) is 8.81. The maximum atomic E-state index is 11.3. The molecule has 2 N–H and O–H groups in total. The third-order valence-electron chi connectivity index (χ3n) is 1.97. The van der Waals surface area contributed by atoms with Gasteiger partial charge in [-0.25, -0.2) is 0 Å². The van der Waals surface area contributed by atoms with Gasteiger partial charge in [-0.15, -0.1) is 0 Å². The molecule has 1 heterocycles. The fourth-order valence-corrected chi connectivity index (χ4v) is 1.73. The van der Waals surface area contributed by atoms with Crippen LogP contribution in [0.15, 0.2) is 0 Å². The van der Waals surface area contributed by atoms with Crippen LogP contribution in [0, 0.1) is 0 Å². The second-order valence-electron chi connectivity index (χ2n) is 2.93. The highest BCUT2D eigenvalue weighted by molar-refractivity contribution is 7.98. The van der Waals surface area contributed by atoms with E-state index in [9.17, 15) is 4.79 Å². The lowest BCUT2D eigenvalue weighted by Gasteiger charge is -2.12. The predicted octanol–water partition coefficient (Wildman–Crippen LogP) is 0.218. The highest BCUT2D eigenvalue weighted by Crippen LogP contribution is 2.02. The smallest absolute Gasteiger partial charge is 0.237 e. The molecule has 1 aliphatic rings. The van der Waals surface area contributed by atoms with Crippen molar-refractivity contribution >= 4 is 17.7 Å². The molecule has 70 valence electrons. The Labute approximate surface area is 77.7 Å². The van der Waals surface area contributed by atoms with Crippen LogP contribution in [0.3, 0.4) is 0 Å². The van der Waals surface area contributed by atoms with E-state index in [2.05, 4.69) is 16.9 Å². The SMILES string of the molecule is CSCCC1NCCCNC1=O. The highest BCUT2D eigenvalue weighted by atomic mass is 32.2. The third kappa shape index (κ3) is 3.03. The number of rotatable bonds is 3. The molecule has 1 fully saturated rings. The minimum absolute atomic E-state index is 0.0416. The van der Waals surface area contributed by atoms with Crippen molar-refractivity contribution in [2.75, 3.05) is 25.1 Å². The third-order valence-corrected chi connectivity index (χ3v) is 2.61. The van der Waals surface area contributed by atoms with Crippen LogP contribution < -0.4 is 10.6 Å². The van der Waals surface area contributed by atoms with Gasteiger partial charge in [0.25, 0.3) is 0 Å². The van der Waals surface area contributed by atoms with Crippen LogP contribution in [0.25, 0.3) is 0 Å². The number of nitrogens with one attached hydrogen (secondary N) is 2. The van der Waals surface area contributed by atoms with Crippen LogP contribution in [0.2, 0.25) is 0 Å². The Morgan fingerprint density at radius 3 is 3.17 bits per heavy atom. The summed E-state index contributed by atoms with van der Waals surface area (Å²) >= 11 is 1.78. The number of thioether (sulfide) groups is 1. The number of amides is 1. The van der Waals surface area contributed by atoms with Gasteiger partial charge in [0.15, 0.2) is 0 Å². The second kappa shape index (κ2) is 5.43. The van der Waals surface area contributed by atoms with E-state index >= 15 is 0 Å². The molecule has 1 unspecified atom stereocenters. The van der Waals surface area contributed by atoms with Gasteiger partial charge in [-0.2, -0.15) is 11.8 Å². The Morgan fingerprint density at radius 1 is 1.58 bits per heavy atom. The molecule has 3 nitrogen and oxygen atoms in total. The lowest BCUT2D eigenvalue weighted by atomic mass is 10.2. The summed E-state index contributed by atoms with van der Waals surface area (Å²) in [6.07, 6.45) is 4.04. The van der Waals surface area contributed by atoms with Gasteiger partial charge in [0, 0.05) is 6.54 Å². The maximum absolute atomic E-state index is 11.3. The van der Waals surface area contributed by atoms with Crippen molar-refractivity contribution in [2.45, 2.75) is 18.9 Å². The van der Waals surface area contributed by atoms with Gasteiger partial charge in [-0.05, 0) is 31.4 Å². The summed E-state index contributed by atoms with van der Waals surface area (Å²) in [7, 11) is 0. The van der Waals surface area contributed by atoms with E-state index in [0.29, 0.717) is 0 Å². The highest BCUT2D eigenvalue weighted by Gasteiger charge is 2.18. The van der Waals surface area contributed by atoms with E-state index in [1.165, 1.54) is 0 Å². The monoisotopic (exact) mass is 188 g/mol. The summed E-state index contributed by atoms with van der Waals surface area (Å²) < 4.78 is 0. The van der Waals surface area contributed by atoms with Gasteiger partial charge in [0.2, 0.25) is 5.91 Å². The first-order chi connectivity index (χ1) is 5.84. The van der Waals surface area contributed by atoms with E-state index in [-0.39, 0.29) is 11.9 Å². The Bertz CT molecular complexity index is 152. The molecule has 0 aliphatic carbocycles. The largest absolute Gasteiger partial charge is 0.355 e. The lowest BCUT2D eigenvalue weighted by Crippen LogP contribution is -2.41. The summed E-state index contributed by atoms with van der Waals surface area (Å²) in [5.41, 5.74) is 0. The quantitative estimate of drug-likeness (QED) is 0.665. The van der Waals surface area contributed by atoms with E-state index in [1.54, 1.807) is 11.8 Å². The molecule has 1 atom stereocenters. The van der Waals surface area contributed by atoms with Crippen LogP contribution in [-0.4, -0.2) is 37.0 Å². The van der Waals surface area contributed by atoms with Crippen LogP contribution in [0.4, 0.5) is 0 Å². The van der Waals surface area contributed by atoms with Crippen molar-refractivity contribution in [1.82, 2.24) is 10.6 Å². The van der Waals surface area contributed by atoms with Crippen molar-refractivity contribution in [3.05, 3.63) is 0 Å². The summed E-state index contributed by atoms with van der Waals surface area (Å²) in [6.45, 7) is 1.78. The molecule has 1 rings (SSSR count). The van der Waals surface area contributed by atoms with E-state index in [1.807, 2.05) is 0 Å². The first-order valence-corrected chi connectivity index (χ1v) is 5.74. The fourth-order valence-electron chi connectivity index (χ4n) is 1.26. The summed E-state index contributed by atoms with van der Waals surface area (Å²) in [5.74, 6) is 1.21. The van der Waals surface area contributed by atoms with E-state index < -0.39 is 0 Å². The standard InChI is InChI=1S/C8H16N2OS/c1-12-6-3-7-8(11)10-5-2-4-9-7/h7,9H,2-6H2,1H3,(H,10,11). The molecular weight excluding hydrogens is 172 g/mol. The predicted molar refractivity (Wildman–Crippen MR) is 52.4 cm³/mol. The Balaban J connectivity index is 2.31. The molecule has 0 aromatic carbocycles. The molecule has 0 aromatic heterocycles. The van der Waals surface area contributed by atoms with E-state index in [0.717, 1.165) is 31.7 Å². The summed E-state index contributed by atoms with van der Waals surface area (Å²) in [5, 5.41) is 6.13. The molecule has 0 saturated carbocycles. The minimum Gasteiger partial charge on any atom is -0.355 e. The van der Waals surface area contributed by atoms with Crippen molar-refractivity contribution in [3.63, 3.8) is 0 Å². The molecule has 0 radical (unpaired) electrons. The Hall–Kier alpha value is -0.220. The van der Waals surface area contributed by atoms with Gasteiger partial charge < -0.3 is 10.6 Å². The van der Waals surface area contributed by atoms with Crippen molar-refractivity contribution < 1.29 is 4.79 Å². The van der Waals surface area contributed by atoms with Crippen molar-refractivity contribution in [3.8, 4) is 0 Å². The maximum Gasteiger partial charge on any atom is 0.237 e. The molecule has 12 heavy (non-hydrogen) atoms. The van der Waals surface area contributed by atoms with Gasteiger partial charge in [-0.1, -0.05) is 0 Å². The first-order valence-electron chi connectivity index (χ1n) is 4.34. The normalized spacial score (nSPS) is 24.8. The van der Waals surface area contributed by atoms with Crippen LogP contribution in [0.1, 0.15) is 12.8 Å². The van der Waals surface area contributed by atoms with Gasteiger partial charge in [0.05, 0.1) is 6.04 Å². The van der Waals surface area contributed by atoms with Gasteiger partial charge in [-0.3, -0.25) is 4.79 Å². The average Bonchev–Trinajstić information content (AvgIpc) is 2.27. The van der Waals surface area contributed by atoms with Gasteiger partial charge >= 0.3 is 0 Å². The molecule has 4 heteroatoms. The lowest BCUT2D eigenvalue weighted by molar-refractivity contribution is -0.122. The zero-order valence-corrected chi connectivity index (χ0v) is 8.25. The first kappa shape index (κ1) is 9.86. The molecule has 0 spiro atoms. The zero-order valence-electron chi connectivity index (χ0n) is 7.43. The molecule has 0 bridgehead atoms. The number of carbonyl (C=O) groups is 1. The molecule has 1 amide bonds. The van der Waals surface area contributed by atoms with Crippen LogP contribution in [0.5, 0.6) is 0 Å². The molecule has 0 aromatic rings. The minimum atomic E-state index is 0.0416. The van der Waals surface area contributed by atoms with Crippen LogP contribution in [-0.2, 0) is 4.79 Å². The summed E-state index contributed by atoms with van der Waals surface area (Å²) in [6, 6.07) is 0.0416. The number of hydrogen-bond acceptors (Lipinski definition) is 3. The molecule has 1 aliphatic heterocycles. The summed E-state index contributed by atoms with van der Waals surface area (Å²) in [4.78, 5) is 11.3. The molecular formula is C8H16N2OS. The average molecular weight is 188 g/mol. The van der Waals surface area contributed by atoms with Crippen molar-refractivity contribution in [1.29, 1.82) is 0 Å². The Kier molecular flexibility index (Phi) is 4.46. The van der Waals surface area contributed by atoms with Crippen LogP contribution >= 0.6 is 11.8 Å². The molecule has 1 saturated heterocycles. The second-order valence-corrected chi connectivity index (χ2v) is 3.92. The van der Waals surface area contributed by atoms with Gasteiger partial charge in [0.1, 0.15) is 0 Å². The Morgan fingerprint density at radius 2 is 2.42 bits per heavy atom. The fraction of sp³-hybridized carbons (Fsp3) is 0.875. The van der Waals surface area contributed by atoms with Crippen molar-refractivity contribution in [2.24, 2.45) is 0 Å².